The number of hydrogen-bond donors (Lipinski definition) is 1. The van der Waals surface area contributed by atoms with E-state index in [1.54, 1.807) is 4.68 Å². The summed E-state index contributed by atoms with van der Waals surface area (Å²) < 4.78 is 1.76. The van der Waals surface area contributed by atoms with E-state index in [0.29, 0.717) is 18.9 Å². The average Bonchev–Trinajstić information content (AvgIpc) is 2.76. The summed E-state index contributed by atoms with van der Waals surface area (Å²) >= 11 is 0. The standard InChI is InChI=1S/C12H22N4O2/c1-3-6-10(7-4-2)12-13-14-15-16(12)9-5-8-11(17)18/h10H,3-9H2,1-2H3,(H,17,18). The molecule has 0 saturated heterocycles. The van der Waals surface area contributed by atoms with Crippen molar-refractivity contribution < 1.29 is 9.90 Å². The predicted octanol–water partition coefficient (Wildman–Crippen LogP) is 2.22. The molecule has 1 aromatic rings. The fourth-order valence-electron chi connectivity index (χ4n) is 2.14. The van der Waals surface area contributed by atoms with Crippen LogP contribution in [0.2, 0.25) is 0 Å². The van der Waals surface area contributed by atoms with Crippen LogP contribution in [0.4, 0.5) is 0 Å². The zero-order valence-corrected chi connectivity index (χ0v) is 11.2. The maximum atomic E-state index is 10.5. The monoisotopic (exact) mass is 254 g/mol. The second kappa shape index (κ2) is 7.79. The van der Waals surface area contributed by atoms with Crippen LogP contribution in [0.5, 0.6) is 0 Å². The fraction of sp³-hybridized carbons (Fsp3) is 0.833. The third-order valence-corrected chi connectivity index (χ3v) is 2.96. The van der Waals surface area contributed by atoms with Gasteiger partial charge in [-0.15, -0.1) is 5.10 Å². The Bertz CT molecular complexity index is 359. The first-order valence-electron chi connectivity index (χ1n) is 6.66. The Morgan fingerprint density at radius 1 is 1.33 bits per heavy atom. The quantitative estimate of drug-likeness (QED) is 0.730. The third-order valence-electron chi connectivity index (χ3n) is 2.96. The Hall–Kier alpha value is -1.46. The van der Waals surface area contributed by atoms with Gasteiger partial charge in [-0.05, 0) is 29.7 Å². The zero-order valence-electron chi connectivity index (χ0n) is 11.2. The highest BCUT2D eigenvalue weighted by Crippen LogP contribution is 2.24. The Morgan fingerprint density at radius 3 is 2.56 bits per heavy atom. The molecule has 0 unspecified atom stereocenters. The molecule has 0 spiro atoms. The van der Waals surface area contributed by atoms with Gasteiger partial charge in [0.25, 0.3) is 0 Å². The van der Waals surface area contributed by atoms with Crippen molar-refractivity contribution in [1.82, 2.24) is 20.2 Å². The summed E-state index contributed by atoms with van der Waals surface area (Å²) in [5, 5.41) is 20.4. The van der Waals surface area contributed by atoms with Crippen LogP contribution in [0.15, 0.2) is 0 Å². The number of carboxylic acid groups (broad SMARTS) is 1. The van der Waals surface area contributed by atoms with Crippen LogP contribution in [0, 0.1) is 0 Å². The van der Waals surface area contributed by atoms with E-state index in [-0.39, 0.29) is 6.42 Å². The smallest absolute Gasteiger partial charge is 0.303 e. The van der Waals surface area contributed by atoms with E-state index >= 15 is 0 Å². The van der Waals surface area contributed by atoms with Crippen LogP contribution in [0.3, 0.4) is 0 Å². The molecule has 102 valence electrons. The van der Waals surface area contributed by atoms with E-state index in [2.05, 4.69) is 29.4 Å². The first-order chi connectivity index (χ1) is 8.69. The number of carboxylic acids is 1. The number of aromatic nitrogens is 4. The van der Waals surface area contributed by atoms with Gasteiger partial charge in [-0.1, -0.05) is 26.7 Å². The minimum Gasteiger partial charge on any atom is -0.481 e. The number of nitrogens with zero attached hydrogens (tertiary/aromatic N) is 4. The molecular weight excluding hydrogens is 232 g/mol. The predicted molar refractivity (Wildman–Crippen MR) is 67.2 cm³/mol. The summed E-state index contributed by atoms with van der Waals surface area (Å²) in [6.07, 6.45) is 5.09. The average molecular weight is 254 g/mol. The van der Waals surface area contributed by atoms with Crippen molar-refractivity contribution in [1.29, 1.82) is 0 Å². The SMILES string of the molecule is CCCC(CCC)c1nnnn1CCCC(=O)O. The molecule has 0 aromatic carbocycles. The maximum absolute atomic E-state index is 10.5. The van der Waals surface area contributed by atoms with Crippen molar-refractivity contribution in [2.75, 3.05) is 0 Å². The lowest BCUT2D eigenvalue weighted by atomic mass is 9.97. The van der Waals surface area contributed by atoms with Crippen molar-refractivity contribution in [2.45, 2.75) is 64.8 Å². The second-order valence-corrected chi connectivity index (χ2v) is 4.53. The summed E-state index contributed by atoms with van der Waals surface area (Å²) in [6, 6.07) is 0. The van der Waals surface area contributed by atoms with Crippen molar-refractivity contribution in [3.8, 4) is 0 Å². The van der Waals surface area contributed by atoms with Crippen LogP contribution < -0.4 is 0 Å². The van der Waals surface area contributed by atoms with Gasteiger partial charge < -0.3 is 5.11 Å². The summed E-state index contributed by atoms with van der Waals surface area (Å²) in [5.41, 5.74) is 0. The van der Waals surface area contributed by atoms with E-state index in [0.717, 1.165) is 31.5 Å². The fourth-order valence-corrected chi connectivity index (χ4v) is 2.14. The summed E-state index contributed by atoms with van der Waals surface area (Å²) in [6.45, 7) is 4.89. The molecule has 0 atom stereocenters. The van der Waals surface area contributed by atoms with Gasteiger partial charge in [-0.25, -0.2) is 4.68 Å². The van der Waals surface area contributed by atoms with E-state index in [4.69, 9.17) is 5.11 Å². The topological polar surface area (TPSA) is 80.9 Å². The number of aryl methyl sites for hydroxylation is 1. The summed E-state index contributed by atoms with van der Waals surface area (Å²) in [4.78, 5) is 10.5. The molecule has 0 radical (unpaired) electrons. The molecule has 1 heterocycles. The lowest BCUT2D eigenvalue weighted by Gasteiger charge is -2.14. The van der Waals surface area contributed by atoms with Gasteiger partial charge in [-0.3, -0.25) is 4.79 Å². The molecule has 0 aliphatic rings. The molecule has 0 aliphatic carbocycles. The van der Waals surface area contributed by atoms with Crippen molar-refractivity contribution in [3.05, 3.63) is 5.82 Å². The van der Waals surface area contributed by atoms with Crippen LogP contribution in [0.1, 0.15) is 64.1 Å². The van der Waals surface area contributed by atoms with Gasteiger partial charge >= 0.3 is 5.97 Å². The molecule has 18 heavy (non-hydrogen) atoms. The van der Waals surface area contributed by atoms with Crippen molar-refractivity contribution >= 4 is 5.97 Å². The highest BCUT2D eigenvalue weighted by atomic mass is 16.4. The van der Waals surface area contributed by atoms with Gasteiger partial charge in [0.1, 0.15) is 0 Å². The molecule has 0 amide bonds. The molecule has 6 heteroatoms. The Morgan fingerprint density at radius 2 is 2.00 bits per heavy atom. The number of tetrazole rings is 1. The van der Waals surface area contributed by atoms with Gasteiger partial charge in [0.2, 0.25) is 0 Å². The van der Waals surface area contributed by atoms with E-state index in [1.165, 1.54) is 0 Å². The molecule has 0 fully saturated rings. The van der Waals surface area contributed by atoms with Gasteiger partial charge in [-0.2, -0.15) is 0 Å². The Labute approximate surface area is 107 Å². The number of rotatable bonds is 9. The molecule has 1 N–H and O–H groups in total. The minimum atomic E-state index is -0.775. The zero-order chi connectivity index (χ0) is 13.4. The van der Waals surface area contributed by atoms with E-state index in [9.17, 15) is 4.79 Å². The first-order valence-corrected chi connectivity index (χ1v) is 6.66. The largest absolute Gasteiger partial charge is 0.481 e. The Kier molecular flexibility index (Phi) is 6.32. The minimum absolute atomic E-state index is 0.158. The van der Waals surface area contributed by atoms with Gasteiger partial charge in [0.05, 0.1) is 0 Å². The lowest BCUT2D eigenvalue weighted by Crippen LogP contribution is -2.12. The van der Waals surface area contributed by atoms with Gasteiger partial charge in [0.15, 0.2) is 5.82 Å². The third kappa shape index (κ3) is 4.43. The van der Waals surface area contributed by atoms with E-state index in [1.807, 2.05) is 0 Å². The molecule has 1 aromatic heterocycles. The highest BCUT2D eigenvalue weighted by Gasteiger charge is 2.17. The second-order valence-electron chi connectivity index (χ2n) is 4.53. The highest BCUT2D eigenvalue weighted by molar-refractivity contribution is 5.66. The summed E-state index contributed by atoms with van der Waals surface area (Å²) in [5.74, 6) is 0.521. The molecular formula is C12H22N4O2. The molecule has 6 nitrogen and oxygen atoms in total. The van der Waals surface area contributed by atoms with Crippen LogP contribution in [0.25, 0.3) is 0 Å². The van der Waals surface area contributed by atoms with Crippen molar-refractivity contribution in [3.63, 3.8) is 0 Å². The normalized spacial score (nSPS) is 11.1. The number of carbonyl (C=O) groups is 1. The first kappa shape index (κ1) is 14.6. The number of hydrogen-bond acceptors (Lipinski definition) is 4. The molecule has 0 bridgehead atoms. The van der Waals surface area contributed by atoms with Crippen molar-refractivity contribution in [2.24, 2.45) is 0 Å². The molecule has 1 rings (SSSR count). The lowest BCUT2D eigenvalue weighted by molar-refractivity contribution is -0.137. The number of aliphatic carboxylic acids is 1. The maximum Gasteiger partial charge on any atom is 0.303 e. The van der Waals surface area contributed by atoms with Crippen LogP contribution in [-0.4, -0.2) is 31.3 Å². The Balaban J connectivity index is 2.63. The van der Waals surface area contributed by atoms with Crippen LogP contribution in [-0.2, 0) is 11.3 Å². The van der Waals surface area contributed by atoms with Crippen LogP contribution >= 0.6 is 0 Å². The molecule has 0 saturated carbocycles. The van der Waals surface area contributed by atoms with E-state index < -0.39 is 5.97 Å². The van der Waals surface area contributed by atoms with Gasteiger partial charge in [0, 0.05) is 18.9 Å². The summed E-state index contributed by atoms with van der Waals surface area (Å²) in [7, 11) is 0. The molecule has 0 aliphatic heterocycles.